The van der Waals surface area contributed by atoms with Crippen LogP contribution in [0.5, 0.6) is 0 Å². The van der Waals surface area contributed by atoms with Gasteiger partial charge in [0.15, 0.2) is 9.84 Å². The number of hydrogen-bond acceptors (Lipinski definition) is 4. The zero-order chi connectivity index (χ0) is 15.3. The maximum Gasteiger partial charge on any atom is 0.152 e. The zero-order valence-corrected chi connectivity index (χ0v) is 13.2. The monoisotopic (exact) mass is 314 g/mol. The van der Waals surface area contributed by atoms with Crippen molar-refractivity contribution in [2.24, 2.45) is 0 Å². The first-order valence-corrected chi connectivity index (χ1v) is 9.24. The number of sulfone groups is 1. The molecule has 0 amide bonds. The van der Waals surface area contributed by atoms with E-state index in [0.29, 0.717) is 18.7 Å². The Labute approximate surface area is 126 Å². The molecule has 0 bridgehead atoms. The SMILES string of the molecule is CCNC(CCN1CCS(=O)(=O)CC1)c1ccccc1F. The van der Waals surface area contributed by atoms with E-state index in [4.69, 9.17) is 0 Å². The second-order valence-corrected chi connectivity index (χ2v) is 7.72. The lowest BCUT2D eigenvalue weighted by Gasteiger charge is -2.28. The quantitative estimate of drug-likeness (QED) is 0.866. The molecule has 1 N–H and O–H groups in total. The molecular formula is C15H23FN2O2S. The first-order valence-electron chi connectivity index (χ1n) is 7.42. The van der Waals surface area contributed by atoms with Crippen molar-refractivity contribution < 1.29 is 12.8 Å². The lowest BCUT2D eigenvalue weighted by molar-refractivity contribution is 0.274. The number of nitrogens with zero attached hydrogens (tertiary/aromatic N) is 1. The van der Waals surface area contributed by atoms with Crippen LogP contribution in [0.2, 0.25) is 0 Å². The molecule has 0 saturated carbocycles. The molecule has 1 aliphatic rings. The predicted molar refractivity (Wildman–Crippen MR) is 82.5 cm³/mol. The van der Waals surface area contributed by atoms with Crippen LogP contribution in [0.25, 0.3) is 0 Å². The summed E-state index contributed by atoms with van der Waals surface area (Å²) >= 11 is 0. The summed E-state index contributed by atoms with van der Waals surface area (Å²) in [6.45, 7) is 4.72. The fourth-order valence-corrected chi connectivity index (χ4v) is 3.93. The van der Waals surface area contributed by atoms with Gasteiger partial charge in [-0.15, -0.1) is 0 Å². The summed E-state index contributed by atoms with van der Waals surface area (Å²) in [6.07, 6.45) is 0.773. The summed E-state index contributed by atoms with van der Waals surface area (Å²) in [5.41, 5.74) is 0.684. The third-order valence-corrected chi connectivity index (χ3v) is 5.51. The Morgan fingerprint density at radius 2 is 1.95 bits per heavy atom. The molecule has 1 aromatic carbocycles. The highest BCUT2D eigenvalue weighted by molar-refractivity contribution is 7.91. The fourth-order valence-electron chi connectivity index (χ4n) is 2.66. The molecule has 0 aromatic heterocycles. The third kappa shape index (κ3) is 4.76. The van der Waals surface area contributed by atoms with Crippen LogP contribution >= 0.6 is 0 Å². The van der Waals surface area contributed by atoms with Crippen molar-refractivity contribution in [2.75, 3.05) is 37.7 Å². The van der Waals surface area contributed by atoms with Gasteiger partial charge in [0.1, 0.15) is 5.82 Å². The van der Waals surface area contributed by atoms with Crippen LogP contribution in [0.1, 0.15) is 24.9 Å². The standard InChI is InChI=1S/C15H23FN2O2S/c1-2-17-15(13-5-3-4-6-14(13)16)7-8-18-9-11-21(19,20)12-10-18/h3-6,15,17H,2,7-12H2,1H3. The van der Waals surface area contributed by atoms with Gasteiger partial charge in [-0.2, -0.15) is 0 Å². The van der Waals surface area contributed by atoms with Gasteiger partial charge in [0.05, 0.1) is 11.5 Å². The van der Waals surface area contributed by atoms with E-state index >= 15 is 0 Å². The average molecular weight is 314 g/mol. The summed E-state index contributed by atoms with van der Waals surface area (Å²) < 4.78 is 36.7. The molecule has 118 valence electrons. The van der Waals surface area contributed by atoms with Crippen molar-refractivity contribution in [1.29, 1.82) is 0 Å². The van der Waals surface area contributed by atoms with Crippen LogP contribution in [0, 0.1) is 5.82 Å². The molecule has 4 nitrogen and oxygen atoms in total. The van der Waals surface area contributed by atoms with Gasteiger partial charge in [-0.25, -0.2) is 12.8 Å². The topological polar surface area (TPSA) is 49.4 Å². The smallest absolute Gasteiger partial charge is 0.152 e. The van der Waals surface area contributed by atoms with Crippen LogP contribution in [0.4, 0.5) is 4.39 Å². The molecule has 1 fully saturated rings. The molecule has 0 radical (unpaired) electrons. The normalized spacial score (nSPS) is 20.3. The van der Waals surface area contributed by atoms with E-state index in [9.17, 15) is 12.8 Å². The molecule has 2 rings (SSSR count). The maximum atomic E-state index is 13.9. The van der Waals surface area contributed by atoms with E-state index in [-0.39, 0.29) is 23.4 Å². The summed E-state index contributed by atoms with van der Waals surface area (Å²) in [5.74, 6) is 0.279. The molecular weight excluding hydrogens is 291 g/mol. The first kappa shape index (κ1) is 16.4. The highest BCUT2D eigenvalue weighted by Gasteiger charge is 2.22. The molecule has 0 aliphatic carbocycles. The van der Waals surface area contributed by atoms with Crippen LogP contribution in [-0.2, 0) is 9.84 Å². The molecule has 0 spiro atoms. The Balaban J connectivity index is 1.94. The molecule has 1 heterocycles. The van der Waals surface area contributed by atoms with E-state index in [1.807, 2.05) is 19.1 Å². The van der Waals surface area contributed by atoms with Crippen molar-refractivity contribution >= 4 is 9.84 Å². The van der Waals surface area contributed by atoms with Crippen LogP contribution in [-0.4, -0.2) is 51.0 Å². The molecule has 6 heteroatoms. The Kier molecular flexibility index (Phi) is 5.72. The minimum atomic E-state index is -2.84. The van der Waals surface area contributed by atoms with Gasteiger partial charge in [-0.1, -0.05) is 25.1 Å². The van der Waals surface area contributed by atoms with Crippen LogP contribution < -0.4 is 5.32 Å². The largest absolute Gasteiger partial charge is 0.310 e. The average Bonchev–Trinajstić information content (AvgIpc) is 2.45. The number of hydrogen-bond donors (Lipinski definition) is 1. The lowest BCUT2D eigenvalue weighted by atomic mass is 10.0. The lowest BCUT2D eigenvalue weighted by Crippen LogP contribution is -2.41. The Morgan fingerprint density at radius 3 is 2.57 bits per heavy atom. The van der Waals surface area contributed by atoms with Gasteiger partial charge in [-0.3, -0.25) is 0 Å². The van der Waals surface area contributed by atoms with Crippen molar-refractivity contribution in [1.82, 2.24) is 10.2 Å². The van der Waals surface area contributed by atoms with E-state index in [2.05, 4.69) is 10.2 Å². The van der Waals surface area contributed by atoms with Gasteiger partial charge in [0.2, 0.25) is 0 Å². The highest BCUT2D eigenvalue weighted by atomic mass is 32.2. The summed E-state index contributed by atoms with van der Waals surface area (Å²) in [5, 5.41) is 3.31. The molecule has 1 saturated heterocycles. The molecule has 1 unspecified atom stereocenters. The zero-order valence-electron chi connectivity index (χ0n) is 12.4. The second kappa shape index (κ2) is 7.33. The minimum Gasteiger partial charge on any atom is -0.310 e. The molecule has 1 atom stereocenters. The Bertz CT molecular complexity index is 549. The third-order valence-electron chi connectivity index (χ3n) is 3.90. The van der Waals surface area contributed by atoms with Gasteiger partial charge in [0.25, 0.3) is 0 Å². The van der Waals surface area contributed by atoms with Gasteiger partial charge in [0, 0.05) is 31.2 Å². The number of rotatable bonds is 6. The highest BCUT2D eigenvalue weighted by Crippen LogP contribution is 2.20. The summed E-state index contributed by atoms with van der Waals surface area (Å²) in [7, 11) is -2.84. The van der Waals surface area contributed by atoms with Crippen LogP contribution in [0.15, 0.2) is 24.3 Å². The van der Waals surface area contributed by atoms with Crippen molar-refractivity contribution in [3.05, 3.63) is 35.6 Å². The van der Waals surface area contributed by atoms with E-state index in [1.54, 1.807) is 6.07 Å². The minimum absolute atomic E-state index is 0.0327. The summed E-state index contributed by atoms with van der Waals surface area (Å²) in [4.78, 5) is 2.15. The predicted octanol–water partition coefficient (Wildman–Crippen LogP) is 1.60. The van der Waals surface area contributed by atoms with Crippen molar-refractivity contribution in [3.8, 4) is 0 Å². The van der Waals surface area contributed by atoms with Crippen molar-refractivity contribution in [3.63, 3.8) is 0 Å². The van der Waals surface area contributed by atoms with Gasteiger partial charge < -0.3 is 10.2 Å². The molecule has 21 heavy (non-hydrogen) atoms. The van der Waals surface area contributed by atoms with Crippen molar-refractivity contribution in [2.45, 2.75) is 19.4 Å². The summed E-state index contributed by atoms with van der Waals surface area (Å²) in [6, 6.07) is 6.79. The number of benzene rings is 1. The van der Waals surface area contributed by atoms with E-state index < -0.39 is 9.84 Å². The van der Waals surface area contributed by atoms with E-state index in [0.717, 1.165) is 19.5 Å². The number of halogens is 1. The van der Waals surface area contributed by atoms with E-state index in [1.165, 1.54) is 6.07 Å². The number of nitrogens with one attached hydrogen (secondary N) is 1. The maximum absolute atomic E-state index is 13.9. The van der Waals surface area contributed by atoms with Gasteiger partial charge >= 0.3 is 0 Å². The molecule has 1 aliphatic heterocycles. The Morgan fingerprint density at radius 1 is 1.29 bits per heavy atom. The first-order chi connectivity index (χ1) is 10.0. The van der Waals surface area contributed by atoms with Crippen LogP contribution in [0.3, 0.4) is 0 Å². The van der Waals surface area contributed by atoms with Gasteiger partial charge in [-0.05, 0) is 19.0 Å². The molecule has 1 aromatic rings. The second-order valence-electron chi connectivity index (χ2n) is 5.41. The fraction of sp³-hybridized carbons (Fsp3) is 0.600. The Hall–Kier alpha value is -0.980.